The smallest absolute Gasteiger partial charge is 0.252 e. The zero-order chi connectivity index (χ0) is 16.8. The summed E-state index contributed by atoms with van der Waals surface area (Å²) in [5.41, 5.74) is 1.54. The molecule has 1 amide bonds. The number of aromatic nitrogens is 2. The van der Waals surface area contributed by atoms with Gasteiger partial charge >= 0.3 is 0 Å². The van der Waals surface area contributed by atoms with Crippen molar-refractivity contribution in [1.29, 1.82) is 0 Å². The van der Waals surface area contributed by atoms with Gasteiger partial charge in [0.2, 0.25) is 0 Å². The highest BCUT2D eigenvalue weighted by molar-refractivity contribution is 7.98. The summed E-state index contributed by atoms with van der Waals surface area (Å²) in [6.45, 7) is 2.47. The zero-order valence-electron chi connectivity index (χ0n) is 13.2. The second kappa shape index (κ2) is 8.12. The average Bonchev–Trinajstić information content (AvgIpc) is 3.25. The summed E-state index contributed by atoms with van der Waals surface area (Å²) in [6.07, 6.45) is 2.52. The maximum absolute atomic E-state index is 12.4. The molecule has 0 bridgehead atoms. The van der Waals surface area contributed by atoms with E-state index >= 15 is 0 Å². The molecule has 124 valence electrons. The molecule has 24 heavy (non-hydrogen) atoms. The Hall–Kier alpha value is -2.12. The number of hydrogen-bond acceptors (Lipinski definition) is 6. The number of nitrogens with one attached hydrogen (secondary N) is 1. The van der Waals surface area contributed by atoms with Crippen LogP contribution >= 0.6 is 23.1 Å². The van der Waals surface area contributed by atoms with E-state index in [1.807, 2.05) is 42.6 Å². The lowest BCUT2D eigenvalue weighted by Gasteiger charge is -2.09. The average molecular weight is 359 g/mol. The highest BCUT2D eigenvalue weighted by Gasteiger charge is 2.12. The van der Waals surface area contributed by atoms with Crippen LogP contribution in [0.1, 0.15) is 26.8 Å². The standard InChI is InChI=1S/C17H17N3O2S2/c1-12-10-13(22-20-12)11-24-15-5-3-2-4-14(15)17(21)19-7-6-16-18-8-9-23-16/h2-5,8-10H,6-7,11H2,1H3,(H,19,21). The van der Waals surface area contributed by atoms with E-state index in [1.54, 1.807) is 29.3 Å². The van der Waals surface area contributed by atoms with E-state index in [4.69, 9.17) is 4.52 Å². The van der Waals surface area contributed by atoms with E-state index in [0.29, 0.717) is 17.9 Å². The number of rotatable bonds is 7. The number of thioether (sulfide) groups is 1. The number of hydrogen-bond donors (Lipinski definition) is 1. The molecule has 1 aromatic carbocycles. The molecule has 0 atom stereocenters. The van der Waals surface area contributed by atoms with Gasteiger partial charge in [-0.2, -0.15) is 0 Å². The van der Waals surface area contributed by atoms with Crippen LogP contribution in [-0.4, -0.2) is 22.6 Å². The lowest BCUT2D eigenvalue weighted by atomic mass is 10.2. The van der Waals surface area contributed by atoms with Gasteiger partial charge in [0.15, 0.2) is 0 Å². The Labute approximate surface area is 148 Å². The molecule has 0 radical (unpaired) electrons. The minimum Gasteiger partial charge on any atom is -0.360 e. The molecule has 0 fully saturated rings. The van der Waals surface area contributed by atoms with Crippen molar-refractivity contribution in [2.45, 2.75) is 24.0 Å². The summed E-state index contributed by atoms with van der Waals surface area (Å²) < 4.78 is 5.22. The number of carbonyl (C=O) groups is 1. The number of amides is 1. The molecule has 2 aromatic heterocycles. The summed E-state index contributed by atoms with van der Waals surface area (Å²) in [5, 5.41) is 9.80. The van der Waals surface area contributed by atoms with Gasteiger partial charge in [0, 0.05) is 35.5 Å². The molecular weight excluding hydrogens is 342 g/mol. The second-order valence-corrected chi connectivity index (χ2v) is 7.15. The number of benzene rings is 1. The highest BCUT2D eigenvalue weighted by atomic mass is 32.2. The summed E-state index contributed by atoms with van der Waals surface area (Å²) >= 11 is 3.17. The topological polar surface area (TPSA) is 68.0 Å². The summed E-state index contributed by atoms with van der Waals surface area (Å²) in [6, 6.07) is 9.50. The Morgan fingerprint density at radius 1 is 1.38 bits per heavy atom. The van der Waals surface area contributed by atoms with Crippen molar-refractivity contribution in [3.8, 4) is 0 Å². The second-order valence-electron chi connectivity index (χ2n) is 5.15. The van der Waals surface area contributed by atoms with Gasteiger partial charge < -0.3 is 9.84 Å². The zero-order valence-corrected chi connectivity index (χ0v) is 14.8. The van der Waals surface area contributed by atoms with Crippen LogP contribution < -0.4 is 5.32 Å². The van der Waals surface area contributed by atoms with Crippen LogP contribution in [0, 0.1) is 6.92 Å². The van der Waals surface area contributed by atoms with E-state index in [9.17, 15) is 4.79 Å². The van der Waals surface area contributed by atoms with E-state index < -0.39 is 0 Å². The maximum Gasteiger partial charge on any atom is 0.252 e. The normalized spacial score (nSPS) is 10.7. The Morgan fingerprint density at radius 3 is 3.00 bits per heavy atom. The largest absolute Gasteiger partial charge is 0.360 e. The van der Waals surface area contributed by atoms with Crippen molar-refractivity contribution in [3.63, 3.8) is 0 Å². The first kappa shape index (κ1) is 16.7. The first-order valence-corrected chi connectivity index (χ1v) is 9.39. The van der Waals surface area contributed by atoms with E-state index in [-0.39, 0.29) is 5.91 Å². The van der Waals surface area contributed by atoms with Crippen molar-refractivity contribution in [3.05, 3.63) is 63.9 Å². The van der Waals surface area contributed by atoms with Gasteiger partial charge in [-0.3, -0.25) is 4.79 Å². The van der Waals surface area contributed by atoms with Crippen LogP contribution in [0.2, 0.25) is 0 Å². The van der Waals surface area contributed by atoms with Gasteiger partial charge in [-0.25, -0.2) is 4.98 Å². The molecule has 3 rings (SSSR count). The molecule has 7 heteroatoms. The van der Waals surface area contributed by atoms with E-state index in [2.05, 4.69) is 15.5 Å². The molecule has 1 N–H and O–H groups in total. The predicted octanol–water partition coefficient (Wildman–Crippen LogP) is 3.70. The molecule has 0 spiro atoms. The van der Waals surface area contributed by atoms with Crippen LogP contribution in [0.25, 0.3) is 0 Å². The quantitative estimate of drug-likeness (QED) is 0.652. The Bertz CT molecular complexity index is 800. The van der Waals surface area contributed by atoms with E-state index in [1.165, 1.54) is 0 Å². The fourth-order valence-corrected chi connectivity index (χ4v) is 3.71. The molecule has 0 saturated heterocycles. The fraction of sp³-hybridized carbons (Fsp3) is 0.235. The third-order valence-corrected chi connectivity index (χ3v) is 5.22. The number of aryl methyl sites for hydroxylation is 1. The molecular formula is C17H17N3O2S2. The molecule has 0 aliphatic rings. The van der Waals surface area contributed by atoms with E-state index in [0.717, 1.165) is 27.8 Å². The van der Waals surface area contributed by atoms with Crippen molar-refractivity contribution in [2.24, 2.45) is 0 Å². The van der Waals surface area contributed by atoms with Crippen molar-refractivity contribution < 1.29 is 9.32 Å². The van der Waals surface area contributed by atoms with Gasteiger partial charge in [0.1, 0.15) is 5.76 Å². The van der Waals surface area contributed by atoms with Crippen LogP contribution in [0.15, 0.2) is 51.3 Å². The summed E-state index contributed by atoms with van der Waals surface area (Å²) in [5.74, 6) is 1.38. The fourth-order valence-electron chi connectivity index (χ4n) is 2.17. The Balaban J connectivity index is 1.59. The first-order chi connectivity index (χ1) is 11.7. The van der Waals surface area contributed by atoms with Crippen molar-refractivity contribution in [2.75, 3.05) is 6.54 Å². The number of thiazole rings is 1. The predicted molar refractivity (Wildman–Crippen MR) is 95.4 cm³/mol. The first-order valence-electron chi connectivity index (χ1n) is 7.53. The van der Waals surface area contributed by atoms with Crippen LogP contribution in [0.4, 0.5) is 0 Å². The molecule has 0 aliphatic heterocycles. The minimum atomic E-state index is -0.0663. The molecule has 3 aromatic rings. The monoisotopic (exact) mass is 359 g/mol. The molecule has 2 heterocycles. The Kier molecular flexibility index (Phi) is 5.66. The van der Waals surface area contributed by atoms with Crippen LogP contribution in [0.5, 0.6) is 0 Å². The van der Waals surface area contributed by atoms with Gasteiger partial charge in [0.05, 0.1) is 22.0 Å². The highest BCUT2D eigenvalue weighted by Crippen LogP contribution is 2.26. The lowest BCUT2D eigenvalue weighted by molar-refractivity contribution is 0.0951. The molecule has 5 nitrogen and oxygen atoms in total. The molecule has 0 unspecified atom stereocenters. The van der Waals surface area contributed by atoms with Gasteiger partial charge in [-0.1, -0.05) is 17.3 Å². The number of nitrogens with zero attached hydrogens (tertiary/aromatic N) is 2. The van der Waals surface area contributed by atoms with Crippen LogP contribution in [-0.2, 0) is 12.2 Å². The van der Waals surface area contributed by atoms with Gasteiger partial charge in [-0.05, 0) is 19.1 Å². The third kappa shape index (κ3) is 4.46. The van der Waals surface area contributed by atoms with Crippen molar-refractivity contribution in [1.82, 2.24) is 15.5 Å². The SMILES string of the molecule is Cc1cc(CSc2ccccc2C(=O)NCCc2nccs2)on1. The van der Waals surface area contributed by atoms with Gasteiger partial charge in [-0.15, -0.1) is 23.1 Å². The van der Waals surface area contributed by atoms with Crippen LogP contribution in [0.3, 0.4) is 0 Å². The van der Waals surface area contributed by atoms with Crippen molar-refractivity contribution >= 4 is 29.0 Å². The third-order valence-electron chi connectivity index (χ3n) is 3.29. The maximum atomic E-state index is 12.4. The number of carbonyl (C=O) groups excluding carboxylic acids is 1. The summed E-state index contributed by atoms with van der Waals surface area (Å²) in [7, 11) is 0. The lowest BCUT2D eigenvalue weighted by Crippen LogP contribution is -2.26. The van der Waals surface area contributed by atoms with Gasteiger partial charge in [0.25, 0.3) is 5.91 Å². The molecule has 0 saturated carbocycles. The minimum absolute atomic E-state index is 0.0663. The molecule has 0 aliphatic carbocycles. The Morgan fingerprint density at radius 2 is 2.25 bits per heavy atom. The summed E-state index contributed by atoms with van der Waals surface area (Å²) in [4.78, 5) is 17.6.